The summed E-state index contributed by atoms with van der Waals surface area (Å²) in [6.45, 7) is 1.97. The second kappa shape index (κ2) is 5.42. The van der Waals surface area contributed by atoms with E-state index in [1.807, 2.05) is 6.07 Å². The molecule has 1 aliphatic heterocycles. The van der Waals surface area contributed by atoms with Gasteiger partial charge in [-0.05, 0) is 47.7 Å². The normalized spacial score (nSPS) is 14.1. The number of hydrogen-bond acceptors (Lipinski definition) is 5. The van der Waals surface area contributed by atoms with Crippen LogP contribution >= 0.6 is 11.3 Å². The second-order valence-electron chi connectivity index (χ2n) is 5.18. The zero-order valence-electron chi connectivity index (χ0n) is 11.5. The highest BCUT2D eigenvalue weighted by Gasteiger charge is 2.14. The first-order valence-electron chi connectivity index (χ1n) is 7.06. The molecule has 106 valence electrons. The van der Waals surface area contributed by atoms with Crippen molar-refractivity contribution in [3.8, 4) is 11.5 Å². The van der Waals surface area contributed by atoms with E-state index in [0.717, 1.165) is 37.3 Å². The molecule has 4 rings (SSSR count). The van der Waals surface area contributed by atoms with Gasteiger partial charge in [-0.25, -0.2) is 0 Å². The standard InChI is InChI=1S/C16H15N3OS/c1-2-14(21-7-1)9-15-18-16(20-19-15)12-4-3-11-5-6-17-10-13(11)8-12/h1-4,7-8,17H,5-6,9-10H2. The molecule has 3 heterocycles. The Morgan fingerprint density at radius 1 is 1.24 bits per heavy atom. The van der Waals surface area contributed by atoms with Gasteiger partial charge in [-0.15, -0.1) is 11.3 Å². The molecular weight excluding hydrogens is 282 g/mol. The summed E-state index contributed by atoms with van der Waals surface area (Å²) in [7, 11) is 0. The van der Waals surface area contributed by atoms with E-state index in [0.29, 0.717) is 5.89 Å². The summed E-state index contributed by atoms with van der Waals surface area (Å²) in [6.07, 6.45) is 1.82. The Bertz CT molecular complexity index is 749. The van der Waals surface area contributed by atoms with Gasteiger partial charge < -0.3 is 9.84 Å². The Morgan fingerprint density at radius 2 is 2.24 bits per heavy atom. The molecule has 0 fully saturated rings. The van der Waals surface area contributed by atoms with Crippen LogP contribution in [0.3, 0.4) is 0 Å². The quantitative estimate of drug-likeness (QED) is 0.807. The van der Waals surface area contributed by atoms with Crippen LogP contribution in [0.25, 0.3) is 11.5 Å². The highest BCUT2D eigenvalue weighted by atomic mass is 32.1. The summed E-state index contributed by atoms with van der Waals surface area (Å²) >= 11 is 1.71. The molecule has 5 heteroatoms. The van der Waals surface area contributed by atoms with Gasteiger partial charge in [-0.1, -0.05) is 17.3 Å². The molecule has 2 aromatic heterocycles. The van der Waals surface area contributed by atoms with Gasteiger partial charge in [-0.3, -0.25) is 0 Å². The average molecular weight is 297 g/mol. The highest BCUT2D eigenvalue weighted by molar-refractivity contribution is 7.09. The monoisotopic (exact) mass is 297 g/mol. The van der Waals surface area contributed by atoms with Crippen molar-refractivity contribution in [2.24, 2.45) is 0 Å². The third-order valence-electron chi connectivity index (χ3n) is 3.72. The van der Waals surface area contributed by atoms with Gasteiger partial charge in [0, 0.05) is 23.4 Å². The van der Waals surface area contributed by atoms with E-state index in [4.69, 9.17) is 4.52 Å². The molecule has 4 nitrogen and oxygen atoms in total. The number of hydrogen-bond donors (Lipinski definition) is 1. The van der Waals surface area contributed by atoms with Gasteiger partial charge in [0.15, 0.2) is 5.82 Å². The molecule has 0 bridgehead atoms. The van der Waals surface area contributed by atoms with Crippen molar-refractivity contribution in [1.82, 2.24) is 15.5 Å². The predicted octanol–water partition coefficient (Wildman–Crippen LogP) is 3.03. The summed E-state index contributed by atoms with van der Waals surface area (Å²) in [5.74, 6) is 1.35. The Morgan fingerprint density at radius 3 is 3.14 bits per heavy atom. The molecule has 0 saturated heterocycles. The van der Waals surface area contributed by atoms with E-state index in [1.165, 1.54) is 16.0 Å². The Labute approximate surface area is 126 Å². The van der Waals surface area contributed by atoms with Gasteiger partial charge in [0.1, 0.15) is 0 Å². The molecule has 0 unspecified atom stereocenters. The molecule has 1 N–H and O–H groups in total. The molecule has 3 aromatic rings. The van der Waals surface area contributed by atoms with Gasteiger partial charge >= 0.3 is 0 Å². The minimum atomic E-state index is 0.606. The summed E-state index contributed by atoms with van der Waals surface area (Å²) in [6, 6.07) is 10.5. The van der Waals surface area contributed by atoms with Crippen LogP contribution in [-0.4, -0.2) is 16.7 Å². The van der Waals surface area contributed by atoms with Crippen LogP contribution in [0, 0.1) is 0 Å². The maximum Gasteiger partial charge on any atom is 0.257 e. The van der Waals surface area contributed by atoms with Crippen LogP contribution in [0.2, 0.25) is 0 Å². The fraction of sp³-hybridized carbons (Fsp3) is 0.250. The summed E-state index contributed by atoms with van der Waals surface area (Å²) < 4.78 is 5.41. The second-order valence-corrected chi connectivity index (χ2v) is 6.21. The number of fused-ring (bicyclic) bond motifs is 1. The number of benzene rings is 1. The lowest BCUT2D eigenvalue weighted by Gasteiger charge is -2.16. The first kappa shape index (κ1) is 12.7. The SMILES string of the molecule is c1csc(Cc2noc(-c3ccc4c(c3)CNCC4)n2)c1. The number of thiophene rings is 1. The van der Waals surface area contributed by atoms with Gasteiger partial charge in [0.25, 0.3) is 5.89 Å². The van der Waals surface area contributed by atoms with Crippen molar-refractivity contribution in [2.75, 3.05) is 6.54 Å². The van der Waals surface area contributed by atoms with Gasteiger partial charge in [0.05, 0.1) is 0 Å². The summed E-state index contributed by atoms with van der Waals surface area (Å²) in [5, 5.41) is 9.54. The van der Waals surface area contributed by atoms with Gasteiger partial charge in [0.2, 0.25) is 0 Å². The van der Waals surface area contributed by atoms with Crippen molar-refractivity contribution in [2.45, 2.75) is 19.4 Å². The van der Waals surface area contributed by atoms with E-state index >= 15 is 0 Å². The third-order valence-corrected chi connectivity index (χ3v) is 4.60. The predicted molar refractivity (Wildman–Crippen MR) is 82.3 cm³/mol. The van der Waals surface area contributed by atoms with Crippen LogP contribution < -0.4 is 5.32 Å². The smallest absolute Gasteiger partial charge is 0.257 e. The molecule has 0 spiro atoms. The lowest BCUT2D eigenvalue weighted by Crippen LogP contribution is -2.23. The molecule has 0 radical (unpaired) electrons. The van der Waals surface area contributed by atoms with E-state index in [9.17, 15) is 0 Å². The molecule has 0 aliphatic carbocycles. The molecule has 0 amide bonds. The fourth-order valence-corrected chi connectivity index (χ4v) is 3.33. The molecular formula is C16H15N3OS. The van der Waals surface area contributed by atoms with Crippen molar-refractivity contribution in [3.63, 3.8) is 0 Å². The summed E-state index contributed by atoms with van der Waals surface area (Å²) in [4.78, 5) is 5.76. The van der Waals surface area contributed by atoms with E-state index in [-0.39, 0.29) is 0 Å². The zero-order valence-corrected chi connectivity index (χ0v) is 12.3. The Balaban J connectivity index is 1.60. The zero-order chi connectivity index (χ0) is 14.1. The van der Waals surface area contributed by atoms with Crippen molar-refractivity contribution >= 4 is 11.3 Å². The van der Waals surface area contributed by atoms with Crippen LogP contribution in [0.5, 0.6) is 0 Å². The maximum absolute atomic E-state index is 5.41. The highest BCUT2D eigenvalue weighted by Crippen LogP contribution is 2.24. The minimum absolute atomic E-state index is 0.606. The molecule has 0 saturated carbocycles. The first-order valence-corrected chi connectivity index (χ1v) is 7.94. The van der Waals surface area contributed by atoms with Gasteiger partial charge in [-0.2, -0.15) is 4.98 Å². The molecule has 1 aliphatic rings. The third kappa shape index (κ3) is 2.62. The van der Waals surface area contributed by atoms with Crippen LogP contribution in [0.15, 0.2) is 40.2 Å². The Kier molecular flexibility index (Phi) is 3.29. The molecule has 0 atom stereocenters. The van der Waals surface area contributed by atoms with Crippen molar-refractivity contribution in [3.05, 3.63) is 57.5 Å². The number of nitrogens with zero attached hydrogens (tertiary/aromatic N) is 2. The molecule has 1 aromatic carbocycles. The van der Waals surface area contributed by atoms with Crippen LogP contribution in [0.4, 0.5) is 0 Å². The summed E-state index contributed by atoms with van der Waals surface area (Å²) in [5.41, 5.74) is 3.75. The fourth-order valence-electron chi connectivity index (χ4n) is 2.63. The lowest BCUT2D eigenvalue weighted by atomic mass is 9.98. The lowest BCUT2D eigenvalue weighted by molar-refractivity contribution is 0.424. The molecule has 21 heavy (non-hydrogen) atoms. The van der Waals surface area contributed by atoms with Crippen molar-refractivity contribution in [1.29, 1.82) is 0 Å². The number of rotatable bonds is 3. The van der Waals surface area contributed by atoms with E-state index in [2.05, 4.69) is 45.1 Å². The van der Waals surface area contributed by atoms with Crippen molar-refractivity contribution < 1.29 is 4.52 Å². The van der Waals surface area contributed by atoms with E-state index < -0.39 is 0 Å². The topological polar surface area (TPSA) is 51.0 Å². The van der Waals surface area contributed by atoms with E-state index in [1.54, 1.807) is 11.3 Å². The maximum atomic E-state index is 5.41. The van der Waals surface area contributed by atoms with Crippen LogP contribution in [-0.2, 0) is 19.4 Å². The number of aromatic nitrogens is 2. The Hall–Kier alpha value is -1.98. The first-order chi connectivity index (χ1) is 10.4. The van der Waals surface area contributed by atoms with Crippen LogP contribution in [0.1, 0.15) is 21.8 Å². The average Bonchev–Trinajstić information content (AvgIpc) is 3.19. The number of nitrogens with one attached hydrogen (secondary N) is 1. The largest absolute Gasteiger partial charge is 0.334 e. The minimum Gasteiger partial charge on any atom is -0.334 e.